The predicted octanol–water partition coefficient (Wildman–Crippen LogP) is 2.52. The van der Waals surface area contributed by atoms with Crippen molar-refractivity contribution in [3.8, 4) is 23.8 Å². The summed E-state index contributed by atoms with van der Waals surface area (Å²) in [7, 11) is 1.56. The number of amides is 1. The topological polar surface area (TPSA) is 67.8 Å². The standard InChI is InChI=1S/C21H23NO4S/c1-3-13-26-19-10-9-16(14-20(19)25-2)11-12-22-21(24)18(23)15-27-17-7-5-4-6-8-17/h1,4-10,14,18,23H,11-13,15H2,2H3,(H,22,24). The molecule has 0 bridgehead atoms. The van der Waals surface area contributed by atoms with Crippen molar-refractivity contribution in [1.29, 1.82) is 0 Å². The quantitative estimate of drug-likeness (QED) is 0.486. The van der Waals surface area contributed by atoms with Gasteiger partial charge in [0.15, 0.2) is 11.5 Å². The number of methoxy groups -OCH3 is 1. The first-order chi connectivity index (χ1) is 13.1. The highest BCUT2D eigenvalue weighted by molar-refractivity contribution is 7.99. The molecule has 5 nitrogen and oxygen atoms in total. The summed E-state index contributed by atoms with van der Waals surface area (Å²) in [5.41, 5.74) is 0.980. The highest BCUT2D eigenvalue weighted by atomic mass is 32.2. The third kappa shape index (κ3) is 6.89. The fourth-order valence-corrected chi connectivity index (χ4v) is 3.17. The summed E-state index contributed by atoms with van der Waals surface area (Å²) in [5.74, 6) is 3.52. The van der Waals surface area contributed by atoms with E-state index in [2.05, 4.69) is 11.2 Å². The van der Waals surface area contributed by atoms with Crippen LogP contribution in [-0.4, -0.2) is 43.1 Å². The largest absolute Gasteiger partial charge is 0.493 e. The summed E-state index contributed by atoms with van der Waals surface area (Å²) in [5, 5.41) is 12.7. The zero-order chi connectivity index (χ0) is 19.5. The lowest BCUT2D eigenvalue weighted by atomic mass is 10.1. The number of nitrogens with one attached hydrogen (secondary N) is 1. The molecule has 6 heteroatoms. The number of aliphatic hydroxyl groups excluding tert-OH is 1. The second kappa shape index (κ2) is 11.2. The van der Waals surface area contributed by atoms with Gasteiger partial charge in [-0.05, 0) is 36.2 Å². The number of ether oxygens (including phenoxy) is 2. The van der Waals surface area contributed by atoms with E-state index in [0.717, 1.165) is 10.5 Å². The molecule has 0 heterocycles. The van der Waals surface area contributed by atoms with Gasteiger partial charge in [0.1, 0.15) is 12.7 Å². The van der Waals surface area contributed by atoms with Crippen molar-refractivity contribution in [3.63, 3.8) is 0 Å². The molecule has 1 atom stereocenters. The summed E-state index contributed by atoms with van der Waals surface area (Å²) < 4.78 is 10.7. The van der Waals surface area contributed by atoms with Gasteiger partial charge in [0.2, 0.25) is 5.91 Å². The van der Waals surface area contributed by atoms with Crippen LogP contribution in [0.25, 0.3) is 0 Å². The number of aliphatic hydroxyl groups is 1. The summed E-state index contributed by atoms with van der Waals surface area (Å²) >= 11 is 1.44. The van der Waals surface area contributed by atoms with Crippen molar-refractivity contribution in [1.82, 2.24) is 5.32 Å². The minimum absolute atomic E-state index is 0.171. The van der Waals surface area contributed by atoms with E-state index in [-0.39, 0.29) is 12.5 Å². The van der Waals surface area contributed by atoms with Gasteiger partial charge in [0.25, 0.3) is 0 Å². The first-order valence-corrected chi connectivity index (χ1v) is 9.49. The highest BCUT2D eigenvalue weighted by Gasteiger charge is 2.15. The van der Waals surface area contributed by atoms with Crippen LogP contribution in [0.15, 0.2) is 53.4 Å². The highest BCUT2D eigenvalue weighted by Crippen LogP contribution is 2.28. The zero-order valence-corrected chi connectivity index (χ0v) is 16.0. The van der Waals surface area contributed by atoms with Crippen LogP contribution in [0.5, 0.6) is 11.5 Å². The van der Waals surface area contributed by atoms with Crippen LogP contribution in [0.4, 0.5) is 0 Å². The van der Waals surface area contributed by atoms with Gasteiger partial charge in [-0.15, -0.1) is 18.2 Å². The van der Waals surface area contributed by atoms with Gasteiger partial charge in [-0.25, -0.2) is 0 Å². The van der Waals surface area contributed by atoms with Crippen LogP contribution in [0, 0.1) is 12.3 Å². The van der Waals surface area contributed by atoms with Gasteiger partial charge in [0, 0.05) is 17.2 Å². The number of hydrogen-bond acceptors (Lipinski definition) is 5. The summed E-state index contributed by atoms with van der Waals surface area (Å²) in [6.45, 7) is 0.588. The molecule has 0 aromatic heterocycles. The molecule has 2 rings (SSSR count). The first kappa shape index (κ1) is 20.7. The van der Waals surface area contributed by atoms with Crippen LogP contribution >= 0.6 is 11.8 Å². The van der Waals surface area contributed by atoms with Crippen molar-refractivity contribution in [3.05, 3.63) is 54.1 Å². The van der Waals surface area contributed by atoms with E-state index in [1.165, 1.54) is 11.8 Å². The predicted molar refractivity (Wildman–Crippen MR) is 107 cm³/mol. The number of thioether (sulfide) groups is 1. The molecule has 1 amide bonds. The fourth-order valence-electron chi connectivity index (χ4n) is 2.32. The van der Waals surface area contributed by atoms with Crippen molar-refractivity contribution >= 4 is 17.7 Å². The lowest BCUT2D eigenvalue weighted by molar-refractivity contribution is -0.128. The van der Waals surface area contributed by atoms with Gasteiger partial charge in [0.05, 0.1) is 7.11 Å². The molecule has 2 N–H and O–H groups in total. The first-order valence-electron chi connectivity index (χ1n) is 8.51. The van der Waals surface area contributed by atoms with E-state index in [9.17, 15) is 9.90 Å². The third-order valence-corrected chi connectivity index (χ3v) is 4.79. The molecule has 0 aliphatic rings. The Balaban J connectivity index is 1.77. The minimum Gasteiger partial charge on any atom is -0.493 e. The van der Waals surface area contributed by atoms with Gasteiger partial charge >= 0.3 is 0 Å². The Bertz CT molecular complexity index is 773. The van der Waals surface area contributed by atoms with Gasteiger partial charge in [-0.1, -0.05) is 30.2 Å². The molecule has 27 heavy (non-hydrogen) atoms. The smallest absolute Gasteiger partial charge is 0.249 e. The van der Waals surface area contributed by atoms with Crippen LogP contribution in [-0.2, 0) is 11.2 Å². The van der Waals surface area contributed by atoms with E-state index in [4.69, 9.17) is 15.9 Å². The molecule has 142 valence electrons. The molecule has 0 fully saturated rings. The van der Waals surface area contributed by atoms with Gasteiger partial charge in [-0.3, -0.25) is 4.79 Å². The van der Waals surface area contributed by atoms with Crippen LogP contribution in [0.2, 0.25) is 0 Å². The Morgan fingerprint density at radius 1 is 1.26 bits per heavy atom. The lowest BCUT2D eigenvalue weighted by Gasteiger charge is -2.13. The molecule has 1 unspecified atom stereocenters. The van der Waals surface area contributed by atoms with Crippen molar-refractivity contribution in [2.45, 2.75) is 17.4 Å². The molecule has 0 spiro atoms. The maximum Gasteiger partial charge on any atom is 0.249 e. The maximum absolute atomic E-state index is 12.0. The third-order valence-electron chi connectivity index (χ3n) is 3.71. The van der Waals surface area contributed by atoms with E-state index < -0.39 is 6.10 Å². The minimum atomic E-state index is -1.05. The van der Waals surface area contributed by atoms with Crippen LogP contribution in [0.3, 0.4) is 0 Å². The molecule has 0 saturated heterocycles. The summed E-state index contributed by atoms with van der Waals surface area (Å²) in [6.07, 6.45) is 4.75. The number of rotatable bonds is 10. The number of hydrogen-bond donors (Lipinski definition) is 2. The fraction of sp³-hybridized carbons (Fsp3) is 0.286. The molecule has 2 aromatic carbocycles. The number of terminal acetylenes is 1. The Kier molecular flexibility index (Phi) is 8.56. The van der Waals surface area contributed by atoms with Crippen molar-refractivity contribution < 1.29 is 19.4 Å². The average Bonchev–Trinajstić information content (AvgIpc) is 2.71. The average molecular weight is 385 g/mol. The molecule has 0 saturated carbocycles. The summed E-state index contributed by atoms with van der Waals surface area (Å²) in [4.78, 5) is 13.0. The van der Waals surface area contributed by atoms with E-state index >= 15 is 0 Å². The van der Waals surface area contributed by atoms with E-state index in [1.54, 1.807) is 13.2 Å². The van der Waals surface area contributed by atoms with Gasteiger partial charge in [-0.2, -0.15) is 0 Å². The van der Waals surface area contributed by atoms with Crippen molar-refractivity contribution in [2.75, 3.05) is 26.0 Å². The van der Waals surface area contributed by atoms with E-state index in [1.807, 2.05) is 42.5 Å². The van der Waals surface area contributed by atoms with Crippen molar-refractivity contribution in [2.24, 2.45) is 0 Å². The molecule has 0 aliphatic carbocycles. The van der Waals surface area contributed by atoms with Gasteiger partial charge < -0.3 is 19.9 Å². The molecular formula is C21H23NO4S. The monoisotopic (exact) mass is 385 g/mol. The maximum atomic E-state index is 12.0. The van der Waals surface area contributed by atoms with Crippen LogP contribution < -0.4 is 14.8 Å². The SMILES string of the molecule is C#CCOc1ccc(CCNC(=O)C(O)CSc2ccccc2)cc1OC. The molecule has 0 radical (unpaired) electrons. The lowest BCUT2D eigenvalue weighted by Crippen LogP contribution is -2.37. The Morgan fingerprint density at radius 2 is 2.04 bits per heavy atom. The molecule has 2 aromatic rings. The second-order valence-electron chi connectivity index (χ2n) is 5.66. The second-order valence-corrected chi connectivity index (χ2v) is 6.75. The van der Waals surface area contributed by atoms with E-state index in [0.29, 0.717) is 30.2 Å². The van der Waals surface area contributed by atoms with Crippen LogP contribution in [0.1, 0.15) is 5.56 Å². The molecule has 0 aliphatic heterocycles. The molecular weight excluding hydrogens is 362 g/mol. The number of benzene rings is 2. The number of carbonyl (C=O) groups is 1. The Labute approximate surface area is 164 Å². The Hall–Kier alpha value is -2.62. The summed E-state index contributed by atoms with van der Waals surface area (Å²) in [6, 6.07) is 15.2. The zero-order valence-electron chi connectivity index (χ0n) is 15.2. The number of carbonyl (C=O) groups excluding carboxylic acids is 1. The normalized spacial score (nSPS) is 11.3. The Morgan fingerprint density at radius 3 is 2.74 bits per heavy atom.